The van der Waals surface area contributed by atoms with Gasteiger partial charge in [-0.05, 0) is 12.8 Å². The Bertz CT molecular complexity index is 1160. The van der Waals surface area contributed by atoms with Crippen LogP contribution in [-0.4, -0.2) is 36.4 Å². The van der Waals surface area contributed by atoms with E-state index in [2.05, 4.69) is 13.8 Å². The van der Waals surface area contributed by atoms with Gasteiger partial charge < -0.3 is 14.6 Å². The predicted octanol–water partition coefficient (Wildman–Crippen LogP) is 26.4. The fourth-order valence-electron chi connectivity index (χ4n) is 12.4. The smallest absolute Gasteiger partial charge is 0.306 e. The maximum Gasteiger partial charge on any atom is 0.306 e. The van der Waals surface area contributed by atoms with Crippen molar-refractivity contribution in [2.75, 3.05) is 13.2 Å². The minimum atomic E-state index is -0.766. The second-order valence-electron chi connectivity index (χ2n) is 26.5. The van der Waals surface area contributed by atoms with Gasteiger partial charge in [0, 0.05) is 12.8 Å². The van der Waals surface area contributed by atoms with Crippen molar-refractivity contribution >= 4 is 11.9 Å². The Hall–Kier alpha value is -1.10. The van der Waals surface area contributed by atoms with Crippen LogP contribution in [0.2, 0.25) is 0 Å². The molecule has 0 heterocycles. The Morgan fingerprint density at radius 3 is 0.543 bits per heavy atom. The van der Waals surface area contributed by atoms with Gasteiger partial charge in [-0.25, -0.2) is 0 Å². The minimum Gasteiger partial charge on any atom is -0.462 e. The normalized spacial score (nSPS) is 12.0. The zero-order chi connectivity index (χ0) is 58.4. The van der Waals surface area contributed by atoms with E-state index in [9.17, 15) is 14.7 Å². The molecule has 0 saturated carbocycles. The fraction of sp³-hybridized carbons (Fsp3) is 0.974. The summed E-state index contributed by atoms with van der Waals surface area (Å²) in [6.45, 7) is 4.23. The minimum absolute atomic E-state index is 0.0552. The van der Waals surface area contributed by atoms with Crippen molar-refractivity contribution in [2.45, 2.75) is 463 Å². The third kappa shape index (κ3) is 71.3. The molecule has 0 aromatic heterocycles. The van der Waals surface area contributed by atoms with E-state index in [1.165, 1.54) is 398 Å². The fourth-order valence-corrected chi connectivity index (χ4v) is 12.4. The first kappa shape index (κ1) is 79.9. The molecule has 5 nitrogen and oxygen atoms in total. The third-order valence-electron chi connectivity index (χ3n) is 18.2. The zero-order valence-electron chi connectivity index (χ0n) is 55.9. The first-order valence-corrected chi connectivity index (χ1v) is 38.1. The number of aliphatic hydroxyl groups is 1. The van der Waals surface area contributed by atoms with Gasteiger partial charge in [-0.1, -0.05) is 431 Å². The summed E-state index contributed by atoms with van der Waals surface area (Å²) in [6.07, 6.45) is 93.3. The van der Waals surface area contributed by atoms with E-state index < -0.39 is 6.10 Å². The van der Waals surface area contributed by atoms with Crippen molar-refractivity contribution in [3.63, 3.8) is 0 Å². The molecule has 0 aromatic rings. The second kappa shape index (κ2) is 73.2. The number of rotatable bonds is 73. The van der Waals surface area contributed by atoms with Crippen molar-refractivity contribution < 1.29 is 24.2 Å². The molecule has 81 heavy (non-hydrogen) atoms. The van der Waals surface area contributed by atoms with Gasteiger partial charge in [0.2, 0.25) is 0 Å². The van der Waals surface area contributed by atoms with E-state index in [1.807, 2.05) is 0 Å². The molecule has 0 amide bonds. The highest BCUT2D eigenvalue weighted by molar-refractivity contribution is 5.70. The number of carbonyl (C=O) groups excluding carboxylic acids is 2. The maximum atomic E-state index is 12.4. The molecule has 0 saturated heterocycles. The van der Waals surface area contributed by atoms with Crippen molar-refractivity contribution in [3.05, 3.63) is 0 Å². The monoisotopic (exact) mass is 1140 g/mol. The van der Waals surface area contributed by atoms with Crippen LogP contribution in [0.1, 0.15) is 457 Å². The molecular formula is C76H150O5. The first-order valence-electron chi connectivity index (χ1n) is 38.1. The van der Waals surface area contributed by atoms with Gasteiger partial charge in [-0.15, -0.1) is 0 Å². The molecule has 0 spiro atoms. The molecule has 1 N–H and O–H groups in total. The summed E-state index contributed by atoms with van der Waals surface area (Å²) < 4.78 is 10.8. The lowest BCUT2D eigenvalue weighted by Gasteiger charge is -2.15. The van der Waals surface area contributed by atoms with Crippen LogP contribution in [-0.2, 0) is 19.1 Å². The second-order valence-corrected chi connectivity index (χ2v) is 26.5. The molecule has 0 rings (SSSR count). The topological polar surface area (TPSA) is 72.8 Å². The van der Waals surface area contributed by atoms with Gasteiger partial charge in [-0.3, -0.25) is 9.59 Å². The van der Waals surface area contributed by atoms with Crippen molar-refractivity contribution in [3.8, 4) is 0 Å². The maximum absolute atomic E-state index is 12.4. The van der Waals surface area contributed by atoms with E-state index in [0.717, 1.165) is 32.1 Å². The van der Waals surface area contributed by atoms with Crippen LogP contribution in [0.5, 0.6) is 0 Å². The van der Waals surface area contributed by atoms with Gasteiger partial charge in [0.15, 0.2) is 6.10 Å². The summed E-state index contributed by atoms with van der Waals surface area (Å²) in [6, 6.07) is 0. The Morgan fingerprint density at radius 2 is 0.383 bits per heavy atom. The zero-order valence-corrected chi connectivity index (χ0v) is 55.9. The lowest BCUT2D eigenvalue weighted by atomic mass is 10.0. The highest BCUT2D eigenvalue weighted by Crippen LogP contribution is 2.21. The highest BCUT2D eigenvalue weighted by atomic mass is 16.6. The van der Waals surface area contributed by atoms with E-state index in [0.29, 0.717) is 12.8 Å². The van der Waals surface area contributed by atoms with Crippen LogP contribution >= 0.6 is 0 Å². The lowest BCUT2D eigenvalue weighted by molar-refractivity contribution is -0.161. The quantitative estimate of drug-likeness (QED) is 0.0485. The Kier molecular flexibility index (Phi) is 72.2. The average Bonchev–Trinajstić information content (AvgIpc) is 3.47. The van der Waals surface area contributed by atoms with Gasteiger partial charge in [0.05, 0.1) is 6.61 Å². The molecule has 1 unspecified atom stereocenters. The molecule has 0 fully saturated rings. The molecule has 0 aromatic carbocycles. The average molecular weight is 1140 g/mol. The lowest BCUT2D eigenvalue weighted by Crippen LogP contribution is -2.28. The number of carbonyl (C=O) groups is 2. The summed E-state index contributed by atoms with van der Waals surface area (Å²) in [5, 5.41) is 9.71. The van der Waals surface area contributed by atoms with E-state index in [1.54, 1.807) is 0 Å². The van der Waals surface area contributed by atoms with Crippen LogP contribution in [0.25, 0.3) is 0 Å². The molecule has 0 radical (unpaired) electrons. The van der Waals surface area contributed by atoms with Crippen LogP contribution in [0.15, 0.2) is 0 Å². The third-order valence-corrected chi connectivity index (χ3v) is 18.2. The van der Waals surface area contributed by atoms with Crippen molar-refractivity contribution in [1.29, 1.82) is 0 Å². The van der Waals surface area contributed by atoms with Crippen LogP contribution < -0.4 is 0 Å². The van der Waals surface area contributed by atoms with Gasteiger partial charge in [0.25, 0.3) is 0 Å². The molecule has 0 bridgehead atoms. The molecule has 484 valence electrons. The van der Waals surface area contributed by atoms with E-state index in [4.69, 9.17) is 9.47 Å². The van der Waals surface area contributed by atoms with E-state index >= 15 is 0 Å². The van der Waals surface area contributed by atoms with Crippen LogP contribution in [0.3, 0.4) is 0 Å². The molecule has 0 aliphatic carbocycles. The summed E-state index contributed by atoms with van der Waals surface area (Å²) in [5.74, 6) is -0.557. The summed E-state index contributed by atoms with van der Waals surface area (Å²) in [5.41, 5.74) is 0. The molecular weight excluding hydrogens is 993 g/mol. The van der Waals surface area contributed by atoms with Gasteiger partial charge >= 0.3 is 11.9 Å². The molecule has 0 aliphatic heterocycles. The Balaban J connectivity index is 3.33. The Morgan fingerprint density at radius 1 is 0.235 bits per heavy atom. The summed E-state index contributed by atoms with van der Waals surface area (Å²) in [7, 11) is 0. The summed E-state index contributed by atoms with van der Waals surface area (Å²) >= 11 is 0. The predicted molar refractivity (Wildman–Crippen MR) is 358 cm³/mol. The first-order chi connectivity index (χ1) is 40.1. The Labute approximate surface area is 509 Å². The van der Waals surface area contributed by atoms with Crippen LogP contribution in [0.4, 0.5) is 0 Å². The van der Waals surface area contributed by atoms with E-state index in [-0.39, 0.29) is 25.2 Å². The number of ether oxygens (including phenoxy) is 2. The highest BCUT2D eigenvalue weighted by Gasteiger charge is 2.16. The number of aliphatic hydroxyl groups excluding tert-OH is 1. The number of hydrogen-bond donors (Lipinski definition) is 1. The van der Waals surface area contributed by atoms with Crippen molar-refractivity contribution in [1.82, 2.24) is 0 Å². The number of unbranched alkanes of at least 4 members (excludes halogenated alkanes) is 65. The molecule has 5 heteroatoms. The number of esters is 2. The van der Waals surface area contributed by atoms with Gasteiger partial charge in [-0.2, -0.15) is 0 Å². The largest absolute Gasteiger partial charge is 0.462 e. The van der Waals surface area contributed by atoms with Crippen LogP contribution in [0, 0.1) is 0 Å². The summed E-state index contributed by atoms with van der Waals surface area (Å²) in [4.78, 5) is 24.7. The van der Waals surface area contributed by atoms with Crippen molar-refractivity contribution in [2.24, 2.45) is 0 Å². The molecule has 1 atom stereocenters. The SMILES string of the molecule is CCCCCCCCCCCCCCCCCCCCCCCCCCCCCCCCCCCCCCCCC(=O)OC(CO)COC(=O)CCCCCCCCCCCCCCCCCCCCCCCCCCCCCCC. The number of hydrogen-bond acceptors (Lipinski definition) is 5. The standard InChI is InChI=1S/C76H150O5/c1-3-5-7-9-11-13-15-17-19-21-23-25-27-29-31-33-34-35-36-37-38-39-40-41-43-45-47-49-51-53-55-57-59-61-63-65-67-69-71-76(79)81-74(72-77)73-80-75(78)70-68-66-64-62-60-58-56-54-52-50-48-46-44-42-32-30-28-26-24-22-20-18-16-14-12-10-8-6-4-2/h74,77H,3-73H2,1-2H3. The molecule has 0 aliphatic rings. The van der Waals surface area contributed by atoms with Gasteiger partial charge in [0.1, 0.15) is 6.61 Å².